The molecule has 0 aliphatic carbocycles. The fourth-order valence-corrected chi connectivity index (χ4v) is 2.04. The SMILES string of the molecule is CNCCCn1ccnc1-c1ccc(Br)cc1. The summed E-state index contributed by atoms with van der Waals surface area (Å²) in [6.45, 7) is 2.02. The molecular formula is C13H16BrN3. The Hall–Kier alpha value is -1.13. The third-order valence-corrected chi connectivity index (χ3v) is 3.17. The molecule has 0 aliphatic rings. The van der Waals surface area contributed by atoms with Crippen LogP contribution in [0.5, 0.6) is 0 Å². The van der Waals surface area contributed by atoms with Crippen LogP contribution in [0.3, 0.4) is 0 Å². The van der Waals surface area contributed by atoms with Crippen molar-refractivity contribution in [3.05, 3.63) is 41.1 Å². The molecule has 0 unspecified atom stereocenters. The van der Waals surface area contributed by atoms with E-state index in [0.29, 0.717) is 0 Å². The molecule has 0 spiro atoms. The van der Waals surface area contributed by atoms with Crippen LogP contribution in [0.4, 0.5) is 0 Å². The van der Waals surface area contributed by atoms with Crippen LogP contribution in [0.15, 0.2) is 41.1 Å². The lowest BCUT2D eigenvalue weighted by atomic mass is 10.2. The average molecular weight is 294 g/mol. The van der Waals surface area contributed by atoms with E-state index >= 15 is 0 Å². The molecule has 0 atom stereocenters. The molecular weight excluding hydrogens is 278 g/mol. The van der Waals surface area contributed by atoms with Crippen LogP contribution < -0.4 is 5.32 Å². The van der Waals surface area contributed by atoms with E-state index in [4.69, 9.17) is 0 Å². The number of aromatic nitrogens is 2. The van der Waals surface area contributed by atoms with Crippen molar-refractivity contribution >= 4 is 15.9 Å². The van der Waals surface area contributed by atoms with Crippen molar-refractivity contribution in [3.8, 4) is 11.4 Å². The van der Waals surface area contributed by atoms with E-state index in [-0.39, 0.29) is 0 Å². The number of benzene rings is 1. The first-order chi connectivity index (χ1) is 8.31. The van der Waals surface area contributed by atoms with Crippen LogP contribution in [-0.2, 0) is 6.54 Å². The minimum atomic E-state index is 0.992. The number of aryl methyl sites for hydroxylation is 1. The highest BCUT2D eigenvalue weighted by Crippen LogP contribution is 2.20. The summed E-state index contributed by atoms with van der Waals surface area (Å²) >= 11 is 3.44. The quantitative estimate of drug-likeness (QED) is 0.859. The summed E-state index contributed by atoms with van der Waals surface area (Å²) in [5.41, 5.74) is 1.16. The lowest BCUT2D eigenvalue weighted by molar-refractivity contribution is 0.617. The Balaban J connectivity index is 2.15. The lowest BCUT2D eigenvalue weighted by Gasteiger charge is -2.07. The van der Waals surface area contributed by atoms with Gasteiger partial charge in [-0.05, 0) is 32.1 Å². The number of nitrogens with zero attached hydrogens (tertiary/aromatic N) is 2. The van der Waals surface area contributed by atoms with E-state index in [1.807, 2.05) is 31.6 Å². The monoisotopic (exact) mass is 293 g/mol. The highest BCUT2D eigenvalue weighted by Gasteiger charge is 2.04. The van der Waals surface area contributed by atoms with Crippen LogP contribution in [0, 0.1) is 0 Å². The maximum absolute atomic E-state index is 4.42. The molecule has 0 aliphatic heterocycles. The van der Waals surface area contributed by atoms with E-state index in [9.17, 15) is 0 Å². The molecule has 0 fully saturated rings. The van der Waals surface area contributed by atoms with Crippen molar-refractivity contribution in [1.29, 1.82) is 0 Å². The minimum Gasteiger partial charge on any atom is -0.331 e. The van der Waals surface area contributed by atoms with Gasteiger partial charge in [0.25, 0.3) is 0 Å². The fraction of sp³-hybridized carbons (Fsp3) is 0.308. The summed E-state index contributed by atoms with van der Waals surface area (Å²) in [6, 6.07) is 8.26. The summed E-state index contributed by atoms with van der Waals surface area (Å²) in [4.78, 5) is 4.42. The van der Waals surface area contributed by atoms with Gasteiger partial charge >= 0.3 is 0 Å². The van der Waals surface area contributed by atoms with Gasteiger partial charge in [-0.3, -0.25) is 0 Å². The molecule has 1 aromatic carbocycles. The summed E-state index contributed by atoms with van der Waals surface area (Å²) in [5, 5.41) is 3.16. The second kappa shape index (κ2) is 5.98. The summed E-state index contributed by atoms with van der Waals surface area (Å²) in [7, 11) is 1.98. The smallest absolute Gasteiger partial charge is 0.139 e. The maximum atomic E-state index is 4.42. The van der Waals surface area contributed by atoms with Crippen molar-refractivity contribution < 1.29 is 0 Å². The van der Waals surface area contributed by atoms with E-state index in [1.54, 1.807) is 0 Å². The molecule has 90 valence electrons. The number of halogens is 1. The molecule has 0 saturated carbocycles. The first-order valence-electron chi connectivity index (χ1n) is 5.73. The fourth-order valence-electron chi connectivity index (χ4n) is 1.78. The normalized spacial score (nSPS) is 10.7. The molecule has 2 rings (SSSR count). The van der Waals surface area contributed by atoms with Crippen molar-refractivity contribution in [2.45, 2.75) is 13.0 Å². The van der Waals surface area contributed by atoms with Gasteiger partial charge in [0.15, 0.2) is 0 Å². The molecule has 17 heavy (non-hydrogen) atoms. The topological polar surface area (TPSA) is 29.9 Å². The van der Waals surface area contributed by atoms with Gasteiger partial charge in [-0.25, -0.2) is 4.98 Å². The largest absolute Gasteiger partial charge is 0.331 e. The average Bonchev–Trinajstić information content (AvgIpc) is 2.79. The van der Waals surface area contributed by atoms with Crippen LogP contribution in [-0.4, -0.2) is 23.1 Å². The third-order valence-electron chi connectivity index (χ3n) is 2.64. The molecule has 2 aromatic rings. The molecule has 1 aromatic heterocycles. The second-order valence-electron chi connectivity index (χ2n) is 3.91. The molecule has 0 amide bonds. The van der Waals surface area contributed by atoms with Gasteiger partial charge in [-0.2, -0.15) is 0 Å². The maximum Gasteiger partial charge on any atom is 0.139 e. The Morgan fingerprint density at radius 1 is 1.29 bits per heavy atom. The summed E-state index contributed by atoms with van der Waals surface area (Å²) in [5.74, 6) is 1.04. The second-order valence-corrected chi connectivity index (χ2v) is 4.82. The van der Waals surface area contributed by atoms with E-state index in [0.717, 1.165) is 35.4 Å². The molecule has 1 N–H and O–H groups in total. The zero-order chi connectivity index (χ0) is 12.1. The molecule has 3 nitrogen and oxygen atoms in total. The highest BCUT2D eigenvalue weighted by atomic mass is 79.9. The number of imidazole rings is 1. The predicted octanol–water partition coefficient (Wildman–Crippen LogP) is 2.92. The Labute approximate surface area is 110 Å². The number of rotatable bonds is 5. The number of hydrogen-bond donors (Lipinski definition) is 1. The first-order valence-corrected chi connectivity index (χ1v) is 6.52. The van der Waals surface area contributed by atoms with Crippen molar-refractivity contribution in [2.75, 3.05) is 13.6 Å². The molecule has 1 heterocycles. The van der Waals surface area contributed by atoms with E-state index < -0.39 is 0 Å². The summed E-state index contributed by atoms with van der Waals surface area (Å²) in [6.07, 6.45) is 5.00. The standard InChI is InChI=1S/C13H16BrN3/c1-15-7-2-9-17-10-8-16-13(17)11-3-5-12(14)6-4-11/h3-6,8,10,15H,2,7,9H2,1H3. The first kappa shape index (κ1) is 12.3. The zero-order valence-corrected chi connectivity index (χ0v) is 11.4. The van der Waals surface area contributed by atoms with Crippen molar-refractivity contribution in [3.63, 3.8) is 0 Å². The van der Waals surface area contributed by atoms with Gasteiger partial charge < -0.3 is 9.88 Å². The lowest BCUT2D eigenvalue weighted by Crippen LogP contribution is -2.11. The number of nitrogens with one attached hydrogen (secondary N) is 1. The predicted molar refractivity (Wildman–Crippen MR) is 73.9 cm³/mol. The van der Waals surface area contributed by atoms with Crippen LogP contribution in [0.25, 0.3) is 11.4 Å². The molecule has 4 heteroatoms. The van der Waals surface area contributed by atoms with Crippen LogP contribution >= 0.6 is 15.9 Å². The van der Waals surface area contributed by atoms with Gasteiger partial charge in [0.1, 0.15) is 5.82 Å². The Morgan fingerprint density at radius 2 is 2.06 bits per heavy atom. The van der Waals surface area contributed by atoms with E-state index in [1.165, 1.54) is 0 Å². The third kappa shape index (κ3) is 3.17. The molecule has 0 saturated heterocycles. The van der Waals surface area contributed by atoms with Gasteiger partial charge in [-0.1, -0.05) is 28.1 Å². The summed E-state index contributed by atoms with van der Waals surface area (Å²) < 4.78 is 3.29. The highest BCUT2D eigenvalue weighted by molar-refractivity contribution is 9.10. The van der Waals surface area contributed by atoms with Crippen LogP contribution in [0.1, 0.15) is 6.42 Å². The van der Waals surface area contributed by atoms with Gasteiger partial charge in [0.2, 0.25) is 0 Å². The Kier molecular flexibility index (Phi) is 4.34. The minimum absolute atomic E-state index is 0.992. The van der Waals surface area contributed by atoms with E-state index in [2.05, 4.69) is 42.9 Å². The molecule has 0 bridgehead atoms. The zero-order valence-electron chi connectivity index (χ0n) is 9.86. The van der Waals surface area contributed by atoms with Crippen molar-refractivity contribution in [1.82, 2.24) is 14.9 Å². The Morgan fingerprint density at radius 3 is 2.76 bits per heavy atom. The Bertz CT molecular complexity index is 462. The van der Waals surface area contributed by atoms with Gasteiger partial charge in [0.05, 0.1) is 0 Å². The van der Waals surface area contributed by atoms with Crippen LogP contribution in [0.2, 0.25) is 0 Å². The molecule has 0 radical (unpaired) electrons. The van der Waals surface area contributed by atoms with Gasteiger partial charge in [0, 0.05) is 29.0 Å². The number of hydrogen-bond acceptors (Lipinski definition) is 2. The van der Waals surface area contributed by atoms with Gasteiger partial charge in [-0.15, -0.1) is 0 Å². The van der Waals surface area contributed by atoms with Crippen molar-refractivity contribution in [2.24, 2.45) is 0 Å².